The molecule has 0 aliphatic rings. The minimum absolute atomic E-state index is 0.424. The summed E-state index contributed by atoms with van der Waals surface area (Å²) in [6.45, 7) is 24.2. The van der Waals surface area contributed by atoms with E-state index >= 15 is 0 Å². The second-order valence-electron chi connectivity index (χ2n) is 8.74. The number of hydrogen-bond donors (Lipinski definition) is 0. The van der Waals surface area contributed by atoms with Gasteiger partial charge in [0, 0.05) is 0 Å². The Bertz CT molecular complexity index is 229. The van der Waals surface area contributed by atoms with Gasteiger partial charge in [0.2, 0.25) is 0 Å². The molecule has 19 heavy (non-hydrogen) atoms. The molecule has 0 aromatic rings. The molecule has 0 fully saturated rings. The van der Waals surface area contributed by atoms with Crippen LogP contribution in [0.4, 0.5) is 0 Å². The zero-order valence-corrected chi connectivity index (χ0v) is 15.4. The lowest BCUT2D eigenvalue weighted by atomic mass is 9.60. The van der Waals surface area contributed by atoms with E-state index in [0.717, 1.165) is 35.5 Å². The monoisotopic (exact) mass is 268 g/mol. The van der Waals surface area contributed by atoms with Gasteiger partial charge in [-0.1, -0.05) is 75.7 Å². The van der Waals surface area contributed by atoms with E-state index in [1.807, 2.05) is 0 Å². The topological polar surface area (TPSA) is 0 Å². The van der Waals surface area contributed by atoms with E-state index in [1.54, 1.807) is 0 Å². The Labute approximate surface area is 123 Å². The van der Waals surface area contributed by atoms with Crippen LogP contribution in [0.15, 0.2) is 0 Å². The van der Waals surface area contributed by atoms with Gasteiger partial charge in [-0.15, -0.1) is 0 Å². The minimum Gasteiger partial charge on any atom is -0.0651 e. The first-order valence-corrected chi connectivity index (χ1v) is 8.52. The van der Waals surface area contributed by atoms with Crippen LogP contribution in [-0.4, -0.2) is 0 Å². The second-order valence-corrected chi connectivity index (χ2v) is 8.74. The van der Waals surface area contributed by atoms with Gasteiger partial charge in [0.25, 0.3) is 0 Å². The van der Waals surface area contributed by atoms with Crippen molar-refractivity contribution in [2.24, 2.45) is 40.9 Å². The SMILES string of the molecule is CCC(C(C(C)C)C(CC(C)C)C(C)C)C(C)(C)C. The number of rotatable bonds is 7. The first-order valence-electron chi connectivity index (χ1n) is 8.52. The first kappa shape index (κ1) is 19.0. The summed E-state index contributed by atoms with van der Waals surface area (Å²) in [4.78, 5) is 0. The lowest BCUT2D eigenvalue weighted by Crippen LogP contribution is -2.38. The Morgan fingerprint density at radius 2 is 1.26 bits per heavy atom. The Morgan fingerprint density at radius 3 is 1.47 bits per heavy atom. The third-order valence-electron chi connectivity index (χ3n) is 4.88. The normalized spacial score (nSPS) is 18.2. The molecule has 0 aromatic carbocycles. The Balaban J connectivity index is 5.34. The molecular formula is C19H40. The maximum absolute atomic E-state index is 2.44. The highest BCUT2D eigenvalue weighted by Gasteiger charge is 2.38. The summed E-state index contributed by atoms with van der Waals surface area (Å²) in [7, 11) is 0. The number of hydrogen-bond acceptors (Lipinski definition) is 0. The van der Waals surface area contributed by atoms with Crippen LogP contribution in [0.1, 0.15) is 82.1 Å². The van der Waals surface area contributed by atoms with Crippen LogP contribution >= 0.6 is 0 Å². The van der Waals surface area contributed by atoms with Crippen molar-refractivity contribution in [3.8, 4) is 0 Å². The molecule has 0 aromatic heterocycles. The quantitative estimate of drug-likeness (QED) is 0.485. The molecule has 0 amide bonds. The van der Waals surface area contributed by atoms with Crippen molar-refractivity contribution in [1.82, 2.24) is 0 Å². The van der Waals surface area contributed by atoms with Crippen LogP contribution in [0.2, 0.25) is 0 Å². The highest BCUT2D eigenvalue weighted by atomic mass is 14.4. The van der Waals surface area contributed by atoms with Crippen LogP contribution < -0.4 is 0 Å². The molecule has 0 heterocycles. The molecule has 0 aliphatic heterocycles. The lowest BCUT2D eigenvalue weighted by Gasteiger charge is -2.45. The Hall–Kier alpha value is 0. The van der Waals surface area contributed by atoms with Crippen LogP contribution in [0.25, 0.3) is 0 Å². The van der Waals surface area contributed by atoms with Gasteiger partial charge < -0.3 is 0 Å². The van der Waals surface area contributed by atoms with E-state index in [9.17, 15) is 0 Å². The molecule has 0 aliphatic carbocycles. The van der Waals surface area contributed by atoms with E-state index in [0.29, 0.717) is 5.41 Å². The third kappa shape index (κ3) is 5.88. The van der Waals surface area contributed by atoms with Gasteiger partial charge >= 0.3 is 0 Å². The van der Waals surface area contributed by atoms with Crippen molar-refractivity contribution in [3.63, 3.8) is 0 Å². The van der Waals surface area contributed by atoms with Crippen LogP contribution in [0.3, 0.4) is 0 Å². The summed E-state index contributed by atoms with van der Waals surface area (Å²) in [5.74, 6) is 4.95. The summed E-state index contributed by atoms with van der Waals surface area (Å²) < 4.78 is 0. The lowest BCUT2D eigenvalue weighted by molar-refractivity contribution is 0.0394. The van der Waals surface area contributed by atoms with Crippen LogP contribution in [0, 0.1) is 40.9 Å². The largest absolute Gasteiger partial charge is 0.0651 e. The highest BCUT2D eigenvalue weighted by molar-refractivity contribution is 4.87. The van der Waals surface area contributed by atoms with Gasteiger partial charge in [-0.2, -0.15) is 0 Å². The Morgan fingerprint density at radius 1 is 0.789 bits per heavy atom. The standard InChI is InChI=1S/C19H40/c1-11-17(19(8,9)10)18(15(6)7)16(14(4)5)12-13(2)3/h13-18H,11-12H2,1-10H3. The molecule has 0 bridgehead atoms. The van der Waals surface area contributed by atoms with E-state index in [-0.39, 0.29) is 0 Å². The molecule has 0 saturated carbocycles. The van der Waals surface area contributed by atoms with E-state index in [2.05, 4.69) is 69.2 Å². The van der Waals surface area contributed by atoms with E-state index < -0.39 is 0 Å². The van der Waals surface area contributed by atoms with Crippen molar-refractivity contribution < 1.29 is 0 Å². The fourth-order valence-corrected chi connectivity index (χ4v) is 4.14. The van der Waals surface area contributed by atoms with E-state index in [1.165, 1.54) is 12.8 Å². The zero-order valence-electron chi connectivity index (χ0n) is 15.4. The molecular weight excluding hydrogens is 228 g/mol. The summed E-state index contributed by atoms with van der Waals surface area (Å²) in [6.07, 6.45) is 2.70. The maximum atomic E-state index is 2.44. The third-order valence-corrected chi connectivity index (χ3v) is 4.88. The summed E-state index contributed by atoms with van der Waals surface area (Å²) in [5, 5.41) is 0. The molecule has 0 heteroatoms. The predicted octanol–water partition coefficient (Wildman–Crippen LogP) is 6.65. The van der Waals surface area contributed by atoms with Gasteiger partial charge in [0.15, 0.2) is 0 Å². The summed E-state index contributed by atoms with van der Waals surface area (Å²) in [6, 6.07) is 0. The fourth-order valence-electron chi connectivity index (χ4n) is 4.14. The van der Waals surface area contributed by atoms with Crippen LogP contribution in [0.5, 0.6) is 0 Å². The molecule has 0 rings (SSSR count). The molecule has 0 radical (unpaired) electrons. The van der Waals surface area contributed by atoms with Crippen LogP contribution in [-0.2, 0) is 0 Å². The van der Waals surface area contributed by atoms with Crippen molar-refractivity contribution >= 4 is 0 Å². The Kier molecular flexibility index (Phi) is 7.70. The molecule has 0 N–H and O–H groups in total. The summed E-state index contributed by atoms with van der Waals surface area (Å²) in [5.41, 5.74) is 0.424. The predicted molar refractivity (Wildman–Crippen MR) is 89.3 cm³/mol. The van der Waals surface area contributed by atoms with Crippen molar-refractivity contribution in [3.05, 3.63) is 0 Å². The molecule has 0 spiro atoms. The van der Waals surface area contributed by atoms with Gasteiger partial charge in [-0.25, -0.2) is 0 Å². The van der Waals surface area contributed by atoms with E-state index in [4.69, 9.17) is 0 Å². The average molecular weight is 269 g/mol. The summed E-state index contributed by atoms with van der Waals surface area (Å²) >= 11 is 0. The van der Waals surface area contributed by atoms with Crippen molar-refractivity contribution in [1.29, 1.82) is 0 Å². The van der Waals surface area contributed by atoms with Gasteiger partial charge in [-0.05, 0) is 47.3 Å². The molecule has 116 valence electrons. The highest BCUT2D eigenvalue weighted by Crippen LogP contribution is 2.45. The van der Waals surface area contributed by atoms with Gasteiger partial charge in [0.1, 0.15) is 0 Å². The van der Waals surface area contributed by atoms with Gasteiger partial charge in [-0.3, -0.25) is 0 Å². The molecule has 0 saturated heterocycles. The molecule has 3 unspecified atom stereocenters. The van der Waals surface area contributed by atoms with Crippen molar-refractivity contribution in [2.45, 2.75) is 82.1 Å². The minimum atomic E-state index is 0.424. The first-order chi connectivity index (χ1) is 8.52. The smallest absolute Gasteiger partial charge is 0.0327 e. The van der Waals surface area contributed by atoms with Gasteiger partial charge in [0.05, 0.1) is 0 Å². The zero-order chi connectivity index (χ0) is 15.4. The molecule has 0 nitrogen and oxygen atoms in total. The average Bonchev–Trinajstić information content (AvgIpc) is 2.19. The maximum Gasteiger partial charge on any atom is -0.0327 e. The fraction of sp³-hybridized carbons (Fsp3) is 1.00. The molecule has 3 atom stereocenters. The second kappa shape index (κ2) is 7.70. The van der Waals surface area contributed by atoms with Crippen molar-refractivity contribution in [2.75, 3.05) is 0 Å².